The van der Waals surface area contributed by atoms with Crippen molar-refractivity contribution >= 4 is 0 Å². The number of hydrogen-bond donors (Lipinski definition) is 0. The van der Waals surface area contributed by atoms with Gasteiger partial charge in [0.1, 0.15) is 0 Å². The van der Waals surface area contributed by atoms with Crippen LogP contribution in [0.5, 0.6) is 0 Å². The Morgan fingerprint density at radius 1 is 0.471 bits per heavy atom. The minimum Gasteiger partial charge on any atom is -0.473 e. The molecule has 1 aromatic carbocycles. The predicted molar refractivity (Wildman–Crippen MR) is 69.4 cm³/mol. The molecule has 0 N–H and O–H groups in total. The van der Waals surface area contributed by atoms with E-state index in [9.17, 15) is 0 Å². The first-order chi connectivity index (χ1) is 8.50. The van der Waals surface area contributed by atoms with Crippen LogP contribution in [0.3, 0.4) is 0 Å². The molecule has 0 bridgehead atoms. The zero-order chi connectivity index (χ0) is 12.0. The Morgan fingerprint density at radius 3 is 1.06 bits per heavy atom. The van der Waals surface area contributed by atoms with Crippen LogP contribution in [0, 0.1) is 0 Å². The molecule has 0 aliphatic carbocycles. The van der Waals surface area contributed by atoms with Crippen molar-refractivity contribution in [1.82, 2.24) is 4.98 Å². The van der Waals surface area contributed by atoms with Crippen LogP contribution in [0.25, 0.3) is 0 Å². The second-order valence-corrected chi connectivity index (χ2v) is 2.97. The molecule has 0 fully saturated rings. The first-order valence-electron chi connectivity index (χ1n) is 5.32. The topological polar surface area (TPSA) is 26.0 Å². The highest BCUT2D eigenvalue weighted by atomic mass is 16.3. The number of aromatic nitrogens is 1. The standard InChI is InChI=1S/C6H6.C5H5N.C4H4O/c2*1-2-4-6-5-3-1;1-2-4-5-3-1/h1-6H;1-5H;1-4H. The third-order valence-electron chi connectivity index (χ3n) is 1.66. The van der Waals surface area contributed by atoms with Gasteiger partial charge in [-0.25, -0.2) is 0 Å². The molecule has 0 unspecified atom stereocenters. The van der Waals surface area contributed by atoms with E-state index in [1.54, 1.807) is 24.9 Å². The van der Waals surface area contributed by atoms with E-state index >= 15 is 0 Å². The largest absolute Gasteiger partial charge is 0.473 e. The second-order valence-electron chi connectivity index (χ2n) is 2.97. The molecule has 3 aromatic rings. The van der Waals surface area contributed by atoms with Gasteiger partial charge in [-0.15, -0.1) is 0 Å². The van der Waals surface area contributed by atoms with Crippen LogP contribution in [0.2, 0.25) is 0 Å². The summed E-state index contributed by atoms with van der Waals surface area (Å²) >= 11 is 0. The van der Waals surface area contributed by atoms with E-state index < -0.39 is 0 Å². The van der Waals surface area contributed by atoms with Crippen LogP contribution in [-0.4, -0.2) is 4.98 Å². The van der Waals surface area contributed by atoms with Gasteiger partial charge in [-0.05, 0) is 24.3 Å². The van der Waals surface area contributed by atoms with Gasteiger partial charge >= 0.3 is 0 Å². The van der Waals surface area contributed by atoms with Crippen molar-refractivity contribution in [3.63, 3.8) is 0 Å². The van der Waals surface area contributed by atoms with E-state index in [-0.39, 0.29) is 0 Å². The van der Waals surface area contributed by atoms with Crippen LogP contribution in [0.15, 0.2) is 96.1 Å². The fourth-order valence-electron chi connectivity index (χ4n) is 0.924. The number of rotatable bonds is 0. The number of furan rings is 1. The van der Waals surface area contributed by atoms with Gasteiger partial charge in [-0.2, -0.15) is 0 Å². The van der Waals surface area contributed by atoms with E-state index in [1.165, 1.54) is 0 Å². The van der Waals surface area contributed by atoms with Gasteiger partial charge in [0.15, 0.2) is 0 Å². The lowest BCUT2D eigenvalue weighted by Crippen LogP contribution is -1.58. The molecule has 0 saturated heterocycles. The summed E-state index contributed by atoms with van der Waals surface area (Å²) in [6.45, 7) is 0. The molecular weight excluding hydrogens is 210 g/mol. The quantitative estimate of drug-likeness (QED) is 0.577. The van der Waals surface area contributed by atoms with Crippen molar-refractivity contribution in [1.29, 1.82) is 0 Å². The number of nitrogens with zero attached hydrogens (tertiary/aromatic N) is 1. The highest BCUT2D eigenvalue weighted by molar-refractivity contribution is 4.99. The van der Waals surface area contributed by atoms with Crippen LogP contribution >= 0.6 is 0 Å². The van der Waals surface area contributed by atoms with Gasteiger partial charge in [-0.3, -0.25) is 4.98 Å². The fourth-order valence-corrected chi connectivity index (χ4v) is 0.924. The summed E-state index contributed by atoms with van der Waals surface area (Å²) in [6, 6.07) is 21.4. The van der Waals surface area contributed by atoms with Crippen molar-refractivity contribution in [2.75, 3.05) is 0 Å². The molecule has 17 heavy (non-hydrogen) atoms. The molecule has 0 amide bonds. The molecule has 3 rings (SSSR count). The smallest absolute Gasteiger partial charge is 0.0902 e. The molecule has 0 aliphatic heterocycles. The van der Waals surface area contributed by atoms with Crippen LogP contribution < -0.4 is 0 Å². The minimum atomic E-state index is 1.62. The maximum atomic E-state index is 4.58. The van der Waals surface area contributed by atoms with Crippen molar-refractivity contribution in [3.8, 4) is 0 Å². The fraction of sp³-hybridized carbons (Fsp3) is 0. The molecule has 0 radical (unpaired) electrons. The zero-order valence-electron chi connectivity index (χ0n) is 9.52. The lowest BCUT2D eigenvalue weighted by Gasteiger charge is -1.70. The van der Waals surface area contributed by atoms with Gasteiger partial charge in [0.25, 0.3) is 0 Å². The minimum absolute atomic E-state index is 1.62. The normalized spacial score (nSPS) is 8.00. The lowest BCUT2D eigenvalue weighted by molar-refractivity contribution is 0.567. The molecule has 2 heterocycles. The number of hydrogen-bond acceptors (Lipinski definition) is 2. The molecule has 86 valence electrons. The van der Waals surface area contributed by atoms with Crippen molar-refractivity contribution in [2.45, 2.75) is 0 Å². The molecule has 2 aromatic heterocycles. The van der Waals surface area contributed by atoms with E-state index in [4.69, 9.17) is 0 Å². The van der Waals surface area contributed by atoms with Crippen molar-refractivity contribution < 1.29 is 4.42 Å². The summed E-state index contributed by atoms with van der Waals surface area (Å²) in [5.74, 6) is 0. The summed E-state index contributed by atoms with van der Waals surface area (Å²) in [5.41, 5.74) is 0. The van der Waals surface area contributed by atoms with Crippen LogP contribution in [-0.2, 0) is 0 Å². The van der Waals surface area contributed by atoms with E-state index in [1.807, 2.05) is 66.7 Å². The van der Waals surface area contributed by atoms with E-state index in [0.717, 1.165) is 0 Å². The Hall–Kier alpha value is -2.35. The molecule has 0 aliphatic rings. The van der Waals surface area contributed by atoms with Gasteiger partial charge in [-0.1, -0.05) is 42.5 Å². The van der Waals surface area contributed by atoms with Gasteiger partial charge in [0.05, 0.1) is 12.5 Å². The Balaban J connectivity index is 0.000000128. The Bertz CT molecular complexity index is 321. The maximum Gasteiger partial charge on any atom is 0.0902 e. The molecular formula is C15H15NO. The van der Waals surface area contributed by atoms with Crippen molar-refractivity contribution in [3.05, 3.63) is 91.7 Å². The lowest BCUT2D eigenvalue weighted by atomic mass is 10.4. The van der Waals surface area contributed by atoms with Gasteiger partial charge in [0, 0.05) is 12.4 Å². The summed E-state index contributed by atoms with van der Waals surface area (Å²) < 4.78 is 4.58. The van der Waals surface area contributed by atoms with Crippen molar-refractivity contribution in [2.24, 2.45) is 0 Å². The van der Waals surface area contributed by atoms with Gasteiger partial charge in [0.2, 0.25) is 0 Å². The monoisotopic (exact) mass is 225 g/mol. The second kappa shape index (κ2) is 10.2. The molecule has 2 heteroatoms. The summed E-state index contributed by atoms with van der Waals surface area (Å²) in [4.78, 5) is 3.78. The number of benzene rings is 1. The molecule has 0 atom stereocenters. The third kappa shape index (κ3) is 8.63. The molecule has 2 nitrogen and oxygen atoms in total. The Labute approximate surface area is 102 Å². The molecule has 0 saturated carbocycles. The highest BCUT2D eigenvalue weighted by Crippen LogP contribution is 1.80. The highest BCUT2D eigenvalue weighted by Gasteiger charge is 1.59. The summed E-state index contributed by atoms with van der Waals surface area (Å²) in [6.07, 6.45) is 6.75. The number of pyridine rings is 1. The van der Waals surface area contributed by atoms with Gasteiger partial charge < -0.3 is 4.42 Å². The zero-order valence-corrected chi connectivity index (χ0v) is 9.52. The average Bonchev–Trinajstić information content (AvgIpc) is 3.03. The maximum absolute atomic E-state index is 4.58. The SMILES string of the molecule is c1ccccc1.c1ccncc1.c1ccoc1. The first-order valence-corrected chi connectivity index (χ1v) is 5.32. The average molecular weight is 225 g/mol. The third-order valence-corrected chi connectivity index (χ3v) is 1.66. The summed E-state index contributed by atoms with van der Waals surface area (Å²) in [7, 11) is 0. The van der Waals surface area contributed by atoms with Crippen LogP contribution in [0.4, 0.5) is 0 Å². The molecule has 0 spiro atoms. The van der Waals surface area contributed by atoms with Crippen LogP contribution in [0.1, 0.15) is 0 Å². The Morgan fingerprint density at radius 2 is 0.882 bits per heavy atom. The first kappa shape index (κ1) is 12.7. The summed E-state index contributed by atoms with van der Waals surface area (Å²) in [5, 5.41) is 0. The van der Waals surface area contributed by atoms with E-state index in [0.29, 0.717) is 0 Å². The Kier molecular flexibility index (Phi) is 7.61. The van der Waals surface area contributed by atoms with E-state index in [2.05, 4.69) is 9.40 Å². The predicted octanol–water partition coefficient (Wildman–Crippen LogP) is 4.05.